The highest BCUT2D eigenvalue weighted by molar-refractivity contribution is 9.09. The van der Waals surface area contributed by atoms with Gasteiger partial charge in [0.2, 0.25) is 0 Å². The van der Waals surface area contributed by atoms with Crippen LogP contribution in [0.2, 0.25) is 0 Å². The summed E-state index contributed by atoms with van der Waals surface area (Å²) in [4.78, 5) is 13.3. The molecule has 1 heterocycles. The second kappa shape index (κ2) is 7.53. The van der Waals surface area contributed by atoms with Crippen molar-refractivity contribution >= 4 is 27.5 Å². The average Bonchev–Trinajstić information content (AvgIpc) is 3.16. The lowest BCUT2D eigenvalue weighted by Gasteiger charge is -2.28. The van der Waals surface area contributed by atoms with E-state index in [1.165, 1.54) is 0 Å². The molecule has 0 bridgehead atoms. The normalized spacial score (nSPS) is 19.0. The minimum atomic E-state index is -0.591. The van der Waals surface area contributed by atoms with Crippen LogP contribution in [0, 0.1) is 0 Å². The van der Waals surface area contributed by atoms with E-state index in [-0.39, 0.29) is 5.78 Å². The Labute approximate surface area is 167 Å². The van der Waals surface area contributed by atoms with Crippen molar-refractivity contribution < 1.29 is 9.53 Å². The number of ketones is 1. The smallest absolute Gasteiger partial charge is 0.192 e. The topological polar surface area (TPSA) is 26.3 Å². The van der Waals surface area contributed by atoms with Gasteiger partial charge in [-0.1, -0.05) is 107 Å². The summed E-state index contributed by atoms with van der Waals surface area (Å²) in [6.07, 6.45) is 0.528. The highest BCUT2D eigenvalue weighted by Gasteiger charge is 2.44. The summed E-state index contributed by atoms with van der Waals surface area (Å²) < 4.78 is 6.54. The molecule has 3 heteroatoms. The summed E-state index contributed by atoms with van der Waals surface area (Å²) >= 11 is 3.64. The Kier molecular flexibility index (Phi) is 4.95. The summed E-state index contributed by atoms with van der Waals surface area (Å²) in [6, 6.07) is 29.4. The van der Waals surface area contributed by atoms with E-state index >= 15 is 0 Å². The Morgan fingerprint density at radius 1 is 0.852 bits per heavy atom. The number of Topliss-reactive ketones (excluding diaryl/α,β-unsaturated/α-hetero) is 1. The monoisotopic (exact) mass is 418 g/mol. The molecule has 3 aromatic rings. The molecule has 27 heavy (non-hydrogen) atoms. The van der Waals surface area contributed by atoms with E-state index in [2.05, 4.69) is 28.1 Å². The van der Waals surface area contributed by atoms with Crippen LogP contribution >= 0.6 is 15.9 Å². The van der Waals surface area contributed by atoms with Gasteiger partial charge >= 0.3 is 0 Å². The standard InChI is InChI=1S/C24H19BrO2/c25-17-24(20-14-8-3-9-15-20)16-21(22(26)18-10-4-1-5-11-18)23(27-24)19-12-6-2-7-13-19/h1-15H,16-17H2. The lowest BCUT2D eigenvalue weighted by molar-refractivity contribution is 0.0825. The molecule has 134 valence electrons. The number of carbonyl (C=O) groups excluding carboxylic acids is 1. The van der Waals surface area contributed by atoms with Gasteiger partial charge in [-0.05, 0) is 5.56 Å². The Morgan fingerprint density at radius 3 is 2.00 bits per heavy atom. The Balaban J connectivity index is 1.82. The van der Waals surface area contributed by atoms with E-state index in [0.717, 1.165) is 16.7 Å². The second-order valence-electron chi connectivity index (χ2n) is 6.64. The van der Waals surface area contributed by atoms with Gasteiger partial charge in [0.1, 0.15) is 11.4 Å². The van der Waals surface area contributed by atoms with Crippen molar-refractivity contribution in [2.75, 3.05) is 5.33 Å². The van der Waals surface area contributed by atoms with Crippen LogP contribution in [0.3, 0.4) is 0 Å². The molecule has 1 atom stereocenters. The fourth-order valence-corrected chi connectivity index (χ4v) is 4.12. The maximum atomic E-state index is 13.3. The second-order valence-corrected chi connectivity index (χ2v) is 7.20. The zero-order valence-corrected chi connectivity index (χ0v) is 16.4. The summed E-state index contributed by atoms with van der Waals surface area (Å²) in [5, 5.41) is 0.603. The molecule has 2 nitrogen and oxygen atoms in total. The van der Waals surface area contributed by atoms with Crippen LogP contribution in [0.15, 0.2) is 96.6 Å². The number of rotatable bonds is 5. The van der Waals surface area contributed by atoms with Crippen molar-refractivity contribution in [3.8, 4) is 0 Å². The van der Waals surface area contributed by atoms with Gasteiger partial charge in [0, 0.05) is 28.5 Å². The number of hydrogen-bond acceptors (Lipinski definition) is 2. The zero-order chi connectivity index (χ0) is 18.7. The molecule has 1 unspecified atom stereocenters. The Hall–Kier alpha value is -2.65. The van der Waals surface area contributed by atoms with Gasteiger partial charge in [-0.15, -0.1) is 0 Å². The molecule has 4 rings (SSSR count). The third-order valence-corrected chi connectivity index (χ3v) is 5.80. The lowest BCUT2D eigenvalue weighted by atomic mass is 9.87. The van der Waals surface area contributed by atoms with Gasteiger partial charge in [-0.2, -0.15) is 0 Å². The predicted molar refractivity (Wildman–Crippen MR) is 112 cm³/mol. The van der Waals surface area contributed by atoms with Crippen LogP contribution in [0.4, 0.5) is 0 Å². The number of alkyl halides is 1. The lowest BCUT2D eigenvalue weighted by Crippen LogP contribution is -2.28. The predicted octanol–water partition coefficient (Wildman–Crippen LogP) is 5.99. The van der Waals surface area contributed by atoms with Crippen LogP contribution < -0.4 is 0 Å². The molecule has 0 fully saturated rings. The van der Waals surface area contributed by atoms with Gasteiger partial charge in [0.15, 0.2) is 5.78 Å². The van der Waals surface area contributed by atoms with Crippen LogP contribution in [-0.2, 0) is 10.3 Å². The van der Waals surface area contributed by atoms with E-state index in [0.29, 0.717) is 23.1 Å². The average molecular weight is 419 g/mol. The third-order valence-electron chi connectivity index (χ3n) is 4.90. The van der Waals surface area contributed by atoms with Gasteiger partial charge in [-0.25, -0.2) is 0 Å². The summed E-state index contributed by atoms with van der Waals surface area (Å²) in [5.74, 6) is 0.695. The van der Waals surface area contributed by atoms with Gasteiger partial charge in [-0.3, -0.25) is 4.79 Å². The maximum absolute atomic E-state index is 13.3. The fourth-order valence-electron chi connectivity index (χ4n) is 3.48. The van der Waals surface area contributed by atoms with Gasteiger partial charge in [0.25, 0.3) is 0 Å². The molecular formula is C24H19BrO2. The van der Waals surface area contributed by atoms with Crippen molar-refractivity contribution in [1.29, 1.82) is 0 Å². The van der Waals surface area contributed by atoms with Gasteiger partial charge < -0.3 is 4.74 Å². The number of carbonyl (C=O) groups is 1. The largest absolute Gasteiger partial charge is 0.480 e. The number of benzene rings is 3. The molecule has 0 N–H and O–H groups in total. The molecule has 3 aromatic carbocycles. The first kappa shape index (κ1) is 17.7. The SMILES string of the molecule is O=C(C1=C(c2ccccc2)OC(CBr)(c2ccccc2)C1)c1ccccc1. The van der Waals surface area contributed by atoms with Crippen molar-refractivity contribution in [3.05, 3.63) is 113 Å². The molecule has 0 radical (unpaired) electrons. The Morgan fingerprint density at radius 2 is 1.41 bits per heavy atom. The molecule has 0 aromatic heterocycles. The molecule has 0 saturated carbocycles. The van der Waals surface area contributed by atoms with E-state index in [1.807, 2.05) is 78.9 Å². The third kappa shape index (κ3) is 3.35. The van der Waals surface area contributed by atoms with Crippen LogP contribution in [0.25, 0.3) is 5.76 Å². The van der Waals surface area contributed by atoms with Crippen molar-refractivity contribution in [3.63, 3.8) is 0 Å². The first-order chi connectivity index (χ1) is 13.2. The highest BCUT2D eigenvalue weighted by atomic mass is 79.9. The van der Waals surface area contributed by atoms with E-state index in [1.54, 1.807) is 0 Å². The highest BCUT2D eigenvalue weighted by Crippen LogP contribution is 2.47. The molecule has 1 aliphatic rings. The summed E-state index contributed by atoms with van der Waals surface area (Å²) in [5.41, 5.74) is 2.80. The number of hydrogen-bond donors (Lipinski definition) is 0. The molecule has 0 saturated heterocycles. The first-order valence-corrected chi connectivity index (χ1v) is 10.0. The van der Waals surface area contributed by atoms with Gasteiger partial charge in [0.05, 0.1) is 0 Å². The summed E-state index contributed by atoms with van der Waals surface area (Å²) in [6.45, 7) is 0. The zero-order valence-electron chi connectivity index (χ0n) is 14.8. The first-order valence-electron chi connectivity index (χ1n) is 8.92. The quantitative estimate of drug-likeness (QED) is 0.375. The minimum Gasteiger partial charge on any atom is -0.480 e. The Bertz CT molecular complexity index is 965. The molecule has 1 aliphatic heterocycles. The fraction of sp³-hybridized carbons (Fsp3) is 0.125. The molecule has 0 amide bonds. The summed E-state index contributed by atoms with van der Waals surface area (Å²) in [7, 11) is 0. The van der Waals surface area contributed by atoms with E-state index < -0.39 is 5.60 Å². The molecule has 0 spiro atoms. The molecule has 0 aliphatic carbocycles. The number of ether oxygens (including phenoxy) is 1. The van der Waals surface area contributed by atoms with Crippen LogP contribution in [0.1, 0.15) is 27.9 Å². The molecular weight excluding hydrogens is 400 g/mol. The number of halogens is 1. The van der Waals surface area contributed by atoms with Crippen LogP contribution in [-0.4, -0.2) is 11.1 Å². The maximum Gasteiger partial charge on any atom is 0.192 e. The van der Waals surface area contributed by atoms with Crippen molar-refractivity contribution in [1.82, 2.24) is 0 Å². The van der Waals surface area contributed by atoms with Crippen molar-refractivity contribution in [2.45, 2.75) is 12.0 Å². The van der Waals surface area contributed by atoms with E-state index in [4.69, 9.17) is 4.74 Å². The van der Waals surface area contributed by atoms with E-state index in [9.17, 15) is 4.79 Å². The minimum absolute atomic E-state index is 0.0215. The van der Waals surface area contributed by atoms with Crippen molar-refractivity contribution in [2.24, 2.45) is 0 Å². The van der Waals surface area contributed by atoms with Crippen LogP contribution in [0.5, 0.6) is 0 Å².